The van der Waals surface area contributed by atoms with Gasteiger partial charge in [0, 0.05) is 12.6 Å². The second-order valence-electron chi connectivity index (χ2n) is 4.49. The van der Waals surface area contributed by atoms with Gasteiger partial charge in [-0.05, 0) is 24.1 Å². The maximum absolute atomic E-state index is 13.2. The molecule has 0 amide bonds. The maximum atomic E-state index is 13.2. The molecule has 1 saturated heterocycles. The Labute approximate surface area is 107 Å². The summed E-state index contributed by atoms with van der Waals surface area (Å²) in [7, 11) is 0. The summed E-state index contributed by atoms with van der Waals surface area (Å²) in [5.74, 6) is -0.190. The van der Waals surface area contributed by atoms with Gasteiger partial charge in [-0.3, -0.25) is 0 Å². The van der Waals surface area contributed by atoms with E-state index in [0.717, 1.165) is 18.5 Å². The molecule has 0 radical (unpaired) electrons. The lowest BCUT2D eigenvalue weighted by Crippen LogP contribution is -2.38. The van der Waals surface area contributed by atoms with E-state index in [1.54, 1.807) is 12.1 Å². The summed E-state index contributed by atoms with van der Waals surface area (Å²) in [6, 6.07) is 6.90. The summed E-state index contributed by atoms with van der Waals surface area (Å²) in [5, 5.41) is 3.41. The first-order valence-electron chi connectivity index (χ1n) is 6.47. The van der Waals surface area contributed by atoms with E-state index in [1.807, 2.05) is 6.07 Å². The second kappa shape index (κ2) is 6.83. The highest BCUT2D eigenvalue weighted by molar-refractivity contribution is 5.20. The van der Waals surface area contributed by atoms with E-state index in [9.17, 15) is 4.39 Å². The van der Waals surface area contributed by atoms with E-state index in [2.05, 4.69) is 12.2 Å². The van der Waals surface area contributed by atoms with Crippen LogP contribution in [0.5, 0.6) is 0 Å². The third-order valence-electron chi connectivity index (χ3n) is 3.14. The van der Waals surface area contributed by atoms with Gasteiger partial charge in [-0.1, -0.05) is 19.1 Å². The van der Waals surface area contributed by atoms with Crippen molar-refractivity contribution in [3.63, 3.8) is 0 Å². The van der Waals surface area contributed by atoms with E-state index in [-0.39, 0.29) is 18.0 Å². The Morgan fingerprint density at radius 2 is 2.33 bits per heavy atom. The van der Waals surface area contributed by atoms with Gasteiger partial charge in [0.25, 0.3) is 0 Å². The van der Waals surface area contributed by atoms with Crippen LogP contribution in [0, 0.1) is 5.82 Å². The van der Waals surface area contributed by atoms with Crippen LogP contribution in [0.3, 0.4) is 0 Å². The Morgan fingerprint density at radius 3 is 3.00 bits per heavy atom. The Hall–Kier alpha value is -0.970. The average molecular weight is 253 g/mol. The van der Waals surface area contributed by atoms with Crippen molar-refractivity contribution in [3.05, 3.63) is 35.6 Å². The van der Waals surface area contributed by atoms with Crippen LogP contribution in [0.1, 0.15) is 24.9 Å². The Kier molecular flexibility index (Phi) is 5.11. The molecule has 2 unspecified atom stereocenters. The van der Waals surface area contributed by atoms with Crippen LogP contribution in [-0.4, -0.2) is 32.5 Å². The van der Waals surface area contributed by atoms with Gasteiger partial charge in [0.15, 0.2) is 0 Å². The third kappa shape index (κ3) is 3.77. The van der Waals surface area contributed by atoms with Crippen molar-refractivity contribution in [2.24, 2.45) is 0 Å². The lowest BCUT2D eigenvalue weighted by Gasteiger charge is -2.26. The van der Waals surface area contributed by atoms with Gasteiger partial charge in [0.1, 0.15) is 5.82 Å². The van der Waals surface area contributed by atoms with Crippen molar-refractivity contribution in [2.45, 2.75) is 25.5 Å². The number of hydrogen-bond donors (Lipinski definition) is 1. The number of rotatable bonds is 5. The molecule has 1 N–H and O–H groups in total. The first kappa shape index (κ1) is 13.5. The fraction of sp³-hybridized carbons (Fsp3) is 0.571. The van der Waals surface area contributed by atoms with Crippen molar-refractivity contribution in [3.8, 4) is 0 Å². The van der Waals surface area contributed by atoms with Crippen LogP contribution in [0.2, 0.25) is 0 Å². The molecule has 100 valence electrons. The van der Waals surface area contributed by atoms with Crippen molar-refractivity contribution < 1.29 is 13.9 Å². The lowest BCUT2D eigenvalue weighted by atomic mass is 10.0. The monoisotopic (exact) mass is 253 g/mol. The third-order valence-corrected chi connectivity index (χ3v) is 3.14. The molecule has 0 aromatic heterocycles. The maximum Gasteiger partial charge on any atom is 0.123 e. The molecule has 18 heavy (non-hydrogen) atoms. The molecule has 1 heterocycles. The molecule has 1 aromatic rings. The van der Waals surface area contributed by atoms with Crippen molar-refractivity contribution >= 4 is 0 Å². The fourth-order valence-corrected chi connectivity index (χ4v) is 2.15. The standard InChI is InChI=1S/C14H20FNO2/c1-2-14(11-4-3-5-12(15)8-11)16-9-13-10-17-6-7-18-13/h3-5,8,13-14,16H,2,6-7,9-10H2,1H3. The molecule has 2 atom stereocenters. The molecule has 0 bridgehead atoms. The largest absolute Gasteiger partial charge is 0.376 e. The Bertz CT molecular complexity index is 367. The van der Waals surface area contributed by atoms with Crippen molar-refractivity contribution in [1.82, 2.24) is 5.32 Å². The molecule has 1 aromatic carbocycles. The molecule has 0 saturated carbocycles. The molecule has 3 nitrogen and oxygen atoms in total. The van der Waals surface area contributed by atoms with Crippen LogP contribution in [-0.2, 0) is 9.47 Å². The van der Waals surface area contributed by atoms with Gasteiger partial charge in [-0.15, -0.1) is 0 Å². The highest BCUT2D eigenvalue weighted by Gasteiger charge is 2.16. The number of nitrogens with one attached hydrogen (secondary N) is 1. The first-order valence-corrected chi connectivity index (χ1v) is 6.47. The number of halogens is 1. The zero-order valence-corrected chi connectivity index (χ0v) is 10.7. The fourth-order valence-electron chi connectivity index (χ4n) is 2.15. The Morgan fingerprint density at radius 1 is 1.44 bits per heavy atom. The van der Waals surface area contributed by atoms with Crippen molar-refractivity contribution in [1.29, 1.82) is 0 Å². The van der Waals surface area contributed by atoms with Crippen LogP contribution in [0.4, 0.5) is 4.39 Å². The van der Waals surface area contributed by atoms with Gasteiger partial charge in [-0.25, -0.2) is 4.39 Å². The molecule has 4 heteroatoms. The molecule has 0 aliphatic carbocycles. The first-order chi connectivity index (χ1) is 8.79. The summed E-state index contributed by atoms with van der Waals surface area (Å²) < 4.78 is 24.1. The smallest absolute Gasteiger partial charge is 0.123 e. The quantitative estimate of drug-likeness (QED) is 0.873. The van der Waals surface area contributed by atoms with E-state index in [4.69, 9.17) is 9.47 Å². The van der Waals surface area contributed by atoms with Gasteiger partial charge in [-0.2, -0.15) is 0 Å². The highest BCUT2D eigenvalue weighted by Crippen LogP contribution is 2.17. The predicted octanol–water partition coefficient (Wildman–Crippen LogP) is 2.28. The molecule has 1 aliphatic heterocycles. The predicted molar refractivity (Wildman–Crippen MR) is 68.0 cm³/mol. The van der Waals surface area contributed by atoms with E-state index in [1.165, 1.54) is 6.07 Å². The summed E-state index contributed by atoms with van der Waals surface area (Å²) in [6.45, 7) is 4.78. The molecule has 0 spiro atoms. The molecule has 2 rings (SSSR count). The minimum absolute atomic E-state index is 0.0985. The van der Waals surface area contributed by atoms with Crippen molar-refractivity contribution in [2.75, 3.05) is 26.4 Å². The summed E-state index contributed by atoms with van der Waals surface area (Å²) in [4.78, 5) is 0. The minimum atomic E-state index is -0.190. The number of hydrogen-bond acceptors (Lipinski definition) is 3. The average Bonchev–Trinajstić information content (AvgIpc) is 2.41. The van der Waals surface area contributed by atoms with Gasteiger partial charge in [0.2, 0.25) is 0 Å². The van der Waals surface area contributed by atoms with Gasteiger partial charge >= 0.3 is 0 Å². The molecule has 1 fully saturated rings. The van der Waals surface area contributed by atoms with E-state index >= 15 is 0 Å². The number of ether oxygens (including phenoxy) is 2. The van der Waals surface area contributed by atoms with E-state index < -0.39 is 0 Å². The summed E-state index contributed by atoms with van der Waals surface area (Å²) in [6.07, 6.45) is 1.01. The molecular formula is C14H20FNO2. The van der Waals surface area contributed by atoms with Crippen LogP contribution in [0.25, 0.3) is 0 Å². The molecular weight excluding hydrogens is 233 g/mol. The lowest BCUT2D eigenvalue weighted by molar-refractivity contribution is -0.0871. The van der Waals surface area contributed by atoms with Crippen LogP contribution < -0.4 is 5.32 Å². The normalized spacial score (nSPS) is 21.8. The SMILES string of the molecule is CCC(NCC1COCCO1)c1cccc(F)c1. The minimum Gasteiger partial charge on any atom is -0.376 e. The topological polar surface area (TPSA) is 30.5 Å². The van der Waals surface area contributed by atoms with Crippen LogP contribution >= 0.6 is 0 Å². The van der Waals surface area contributed by atoms with Crippen LogP contribution in [0.15, 0.2) is 24.3 Å². The zero-order valence-electron chi connectivity index (χ0n) is 10.7. The van der Waals surface area contributed by atoms with Gasteiger partial charge < -0.3 is 14.8 Å². The summed E-state index contributed by atoms with van der Waals surface area (Å²) >= 11 is 0. The highest BCUT2D eigenvalue weighted by atomic mass is 19.1. The zero-order chi connectivity index (χ0) is 12.8. The van der Waals surface area contributed by atoms with Gasteiger partial charge in [0.05, 0.1) is 25.9 Å². The number of benzene rings is 1. The van der Waals surface area contributed by atoms with E-state index in [0.29, 0.717) is 19.8 Å². The molecule has 1 aliphatic rings. The second-order valence-corrected chi connectivity index (χ2v) is 4.49. The summed E-state index contributed by atoms with van der Waals surface area (Å²) in [5.41, 5.74) is 0.981. The Balaban J connectivity index is 1.88.